The van der Waals surface area contributed by atoms with Crippen LogP contribution in [-0.2, 0) is 0 Å². The Morgan fingerprint density at radius 3 is 2.12 bits per heavy atom. The third kappa shape index (κ3) is 4.83. The predicted molar refractivity (Wildman–Crippen MR) is 101 cm³/mol. The van der Waals surface area contributed by atoms with Gasteiger partial charge in [0.25, 0.3) is 11.8 Å². The number of carbonyl (C=O) groups excluding carboxylic acids is 3. The number of anilines is 2. The number of hydrogen-bond acceptors (Lipinski definition) is 3. The average molecular weight is 354 g/mol. The number of carbonyl (C=O) groups is 3. The lowest BCUT2D eigenvalue weighted by molar-refractivity contribution is 0.0773. The maximum atomic E-state index is 12.3. The molecule has 0 aromatic heterocycles. The molecule has 2 aromatic rings. The number of urea groups is 1. The van der Waals surface area contributed by atoms with Crippen molar-refractivity contribution in [2.75, 3.05) is 23.7 Å². The van der Waals surface area contributed by atoms with E-state index in [0.717, 1.165) is 0 Å². The Morgan fingerprint density at radius 2 is 1.54 bits per heavy atom. The summed E-state index contributed by atoms with van der Waals surface area (Å²) in [5.41, 5.74) is 7.02. The van der Waals surface area contributed by atoms with Gasteiger partial charge in [-0.05, 0) is 56.3 Å². The zero-order chi connectivity index (χ0) is 19.1. The number of hydrogen-bond donors (Lipinski definition) is 3. The van der Waals surface area contributed by atoms with E-state index in [4.69, 9.17) is 5.73 Å². The average Bonchev–Trinajstić information content (AvgIpc) is 2.63. The summed E-state index contributed by atoms with van der Waals surface area (Å²) >= 11 is 0. The fraction of sp³-hybridized carbons (Fsp3) is 0.211. The van der Waals surface area contributed by atoms with Crippen molar-refractivity contribution in [3.63, 3.8) is 0 Å². The van der Waals surface area contributed by atoms with Crippen LogP contribution in [0, 0.1) is 0 Å². The lowest BCUT2D eigenvalue weighted by Crippen LogP contribution is -2.30. The van der Waals surface area contributed by atoms with Gasteiger partial charge in [0, 0.05) is 35.6 Å². The molecule has 4 amide bonds. The fourth-order valence-electron chi connectivity index (χ4n) is 2.47. The molecule has 0 fully saturated rings. The maximum absolute atomic E-state index is 12.3. The SMILES string of the molecule is CCN(CC)C(=O)c1ccc(NC(=O)c2cccc(NC(N)=O)c2)cc1. The van der Waals surface area contributed by atoms with E-state index >= 15 is 0 Å². The summed E-state index contributed by atoms with van der Waals surface area (Å²) in [6.45, 7) is 5.14. The van der Waals surface area contributed by atoms with Gasteiger partial charge in [-0.15, -0.1) is 0 Å². The summed E-state index contributed by atoms with van der Waals surface area (Å²) in [6.07, 6.45) is 0. The minimum Gasteiger partial charge on any atom is -0.351 e. The minimum atomic E-state index is -0.698. The quantitative estimate of drug-likeness (QED) is 0.743. The summed E-state index contributed by atoms with van der Waals surface area (Å²) < 4.78 is 0. The first-order valence-electron chi connectivity index (χ1n) is 8.31. The highest BCUT2D eigenvalue weighted by Gasteiger charge is 2.13. The van der Waals surface area contributed by atoms with Crippen LogP contribution in [0.1, 0.15) is 34.6 Å². The Kier molecular flexibility index (Phi) is 6.32. The molecule has 0 aliphatic rings. The number of rotatable bonds is 6. The highest BCUT2D eigenvalue weighted by Crippen LogP contribution is 2.15. The predicted octanol–water partition coefficient (Wildman–Crippen LogP) is 2.91. The van der Waals surface area contributed by atoms with E-state index in [2.05, 4.69) is 10.6 Å². The number of nitrogens with two attached hydrogens (primary N) is 1. The second-order valence-electron chi connectivity index (χ2n) is 5.58. The molecular formula is C19H22N4O3. The molecule has 136 valence electrons. The normalized spacial score (nSPS) is 10.1. The highest BCUT2D eigenvalue weighted by atomic mass is 16.2. The zero-order valence-electron chi connectivity index (χ0n) is 14.8. The van der Waals surface area contributed by atoms with E-state index in [1.165, 1.54) is 6.07 Å². The molecule has 7 nitrogen and oxygen atoms in total. The van der Waals surface area contributed by atoms with Crippen molar-refractivity contribution in [1.82, 2.24) is 4.90 Å². The van der Waals surface area contributed by atoms with Crippen molar-refractivity contribution in [2.45, 2.75) is 13.8 Å². The number of nitrogens with one attached hydrogen (secondary N) is 2. The molecule has 0 saturated carbocycles. The molecule has 0 saturated heterocycles. The van der Waals surface area contributed by atoms with Crippen molar-refractivity contribution < 1.29 is 14.4 Å². The Balaban J connectivity index is 2.08. The van der Waals surface area contributed by atoms with Gasteiger partial charge in [0.15, 0.2) is 0 Å². The van der Waals surface area contributed by atoms with Gasteiger partial charge in [-0.3, -0.25) is 9.59 Å². The summed E-state index contributed by atoms with van der Waals surface area (Å²) in [7, 11) is 0. The molecular weight excluding hydrogens is 332 g/mol. The van der Waals surface area contributed by atoms with Crippen LogP contribution in [0.5, 0.6) is 0 Å². The summed E-state index contributed by atoms with van der Waals surface area (Å²) in [4.78, 5) is 37.2. The Bertz CT molecular complexity index is 799. The van der Waals surface area contributed by atoms with Crippen LogP contribution < -0.4 is 16.4 Å². The van der Waals surface area contributed by atoms with Crippen LogP contribution in [0.4, 0.5) is 16.2 Å². The first-order valence-corrected chi connectivity index (χ1v) is 8.31. The molecule has 7 heteroatoms. The monoisotopic (exact) mass is 354 g/mol. The van der Waals surface area contributed by atoms with Gasteiger partial charge in [-0.1, -0.05) is 6.07 Å². The number of amides is 4. The molecule has 2 aromatic carbocycles. The van der Waals surface area contributed by atoms with E-state index in [-0.39, 0.29) is 11.8 Å². The lowest BCUT2D eigenvalue weighted by atomic mass is 10.1. The number of primary amides is 1. The van der Waals surface area contributed by atoms with Crippen molar-refractivity contribution in [3.8, 4) is 0 Å². The van der Waals surface area contributed by atoms with E-state index in [1.807, 2.05) is 13.8 Å². The minimum absolute atomic E-state index is 0.0434. The van der Waals surface area contributed by atoms with Crippen molar-refractivity contribution >= 4 is 29.2 Å². The highest BCUT2D eigenvalue weighted by molar-refractivity contribution is 6.05. The summed E-state index contributed by atoms with van der Waals surface area (Å²) in [5.74, 6) is -0.376. The molecule has 0 heterocycles. The van der Waals surface area contributed by atoms with Crippen LogP contribution in [0.2, 0.25) is 0 Å². The first kappa shape index (κ1) is 19.0. The summed E-state index contributed by atoms with van der Waals surface area (Å²) in [5, 5.41) is 5.18. The van der Waals surface area contributed by atoms with Crippen molar-refractivity contribution in [1.29, 1.82) is 0 Å². The molecule has 4 N–H and O–H groups in total. The third-order valence-electron chi connectivity index (χ3n) is 3.83. The maximum Gasteiger partial charge on any atom is 0.316 e. The lowest BCUT2D eigenvalue weighted by Gasteiger charge is -2.18. The Hall–Kier alpha value is -3.35. The van der Waals surface area contributed by atoms with E-state index in [9.17, 15) is 14.4 Å². The standard InChI is InChI=1S/C19H22N4O3/c1-3-23(4-2)18(25)13-8-10-15(11-9-13)21-17(24)14-6-5-7-16(12-14)22-19(20)26/h5-12H,3-4H2,1-2H3,(H,21,24)(H3,20,22,26). The van der Waals surface area contributed by atoms with Crippen LogP contribution in [-0.4, -0.2) is 35.8 Å². The topological polar surface area (TPSA) is 105 Å². The Morgan fingerprint density at radius 1 is 0.885 bits per heavy atom. The van der Waals surface area contributed by atoms with Gasteiger partial charge in [0.05, 0.1) is 0 Å². The van der Waals surface area contributed by atoms with Crippen LogP contribution in [0.25, 0.3) is 0 Å². The molecule has 0 radical (unpaired) electrons. The number of nitrogens with zero attached hydrogens (tertiary/aromatic N) is 1. The van der Waals surface area contributed by atoms with Gasteiger partial charge in [-0.25, -0.2) is 4.79 Å². The van der Waals surface area contributed by atoms with Gasteiger partial charge in [0.2, 0.25) is 0 Å². The van der Waals surface area contributed by atoms with Crippen LogP contribution >= 0.6 is 0 Å². The molecule has 0 bridgehead atoms. The number of benzene rings is 2. The molecule has 2 rings (SSSR count). The van der Waals surface area contributed by atoms with Crippen LogP contribution in [0.3, 0.4) is 0 Å². The van der Waals surface area contributed by atoms with E-state index in [0.29, 0.717) is 35.6 Å². The smallest absolute Gasteiger partial charge is 0.316 e. The molecule has 0 aliphatic carbocycles. The van der Waals surface area contributed by atoms with Crippen LogP contribution in [0.15, 0.2) is 48.5 Å². The fourth-order valence-corrected chi connectivity index (χ4v) is 2.47. The van der Waals surface area contributed by atoms with Crippen molar-refractivity contribution in [3.05, 3.63) is 59.7 Å². The molecule has 0 spiro atoms. The molecule has 0 aliphatic heterocycles. The second-order valence-corrected chi connectivity index (χ2v) is 5.58. The summed E-state index contributed by atoms with van der Waals surface area (Å²) in [6, 6.07) is 12.5. The van der Waals surface area contributed by atoms with Gasteiger partial charge in [0.1, 0.15) is 0 Å². The van der Waals surface area contributed by atoms with Gasteiger partial charge in [-0.2, -0.15) is 0 Å². The second kappa shape index (κ2) is 8.66. The van der Waals surface area contributed by atoms with Gasteiger partial charge >= 0.3 is 6.03 Å². The first-order chi connectivity index (χ1) is 12.4. The molecule has 26 heavy (non-hydrogen) atoms. The Labute approximate surface area is 152 Å². The van der Waals surface area contributed by atoms with Crippen molar-refractivity contribution in [2.24, 2.45) is 5.73 Å². The van der Waals surface area contributed by atoms with E-state index < -0.39 is 6.03 Å². The molecule has 0 unspecified atom stereocenters. The zero-order valence-corrected chi connectivity index (χ0v) is 14.8. The molecule has 0 atom stereocenters. The third-order valence-corrected chi connectivity index (χ3v) is 3.83. The van der Waals surface area contributed by atoms with E-state index in [1.54, 1.807) is 47.4 Å². The largest absolute Gasteiger partial charge is 0.351 e. The van der Waals surface area contributed by atoms with Gasteiger partial charge < -0.3 is 21.3 Å².